The fraction of sp³-hybridized carbons (Fsp3) is 0.438. The maximum Gasteiger partial charge on any atom is 0.333 e. The number of rotatable bonds is 3. The van der Waals surface area contributed by atoms with Crippen LogP contribution in [0.4, 0.5) is 0 Å². The van der Waals surface area contributed by atoms with E-state index in [1.165, 1.54) is 0 Å². The molecule has 0 saturated carbocycles. The average Bonchev–Trinajstić information content (AvgIpc) is 2.28. The van der Waals surface area contributed by atoms with Gasteiger partial charge in [-0.2, -0.15) is 0 Å². The number of benzene rings is 1. The Morgan fingerprint density at radius 2 is 1.95 bits per heavy atom. The van der Waals surface area contributed by atoms with Crippen LogP contribution in [0.5, 0.6) is 5.75 Å². The molecule has 0 atom stereocenters. The van der Waals surface area contributed by atoms with E-state index in [4.69, 9.17) is 4.74 Å². The van der Waals surface area contributed by atoms with Crippen LogP contribution in [0.15, 0.2) is 24.3 Å². The van der Waals surface area contributed by atoms with Crippen LogP contribution < -0.4 is 0 Å². The quantitative estimate of drug-likeness (QED) is 0.668. The number of carbonyl (C=O) groups is 1. The highest BCUT2D eigenvalue weighted by atomic mass is 16.5. The molecule has 3 heteroatoms. The average molecular weight is 262 g/mol. The lowest BCUT2D eigenvalue weighted by Gasteiger charge is -2.22. The van der Waals surface area contributed by atoms with Crippen LogP contribution in [-0.4, -0.2) is 11.1 Å². The Morgan fingerprint density at radius 3 is 2.42 bits per heavy atom. The highest BCUT2D eigenvalue weighted by Crippen LogP contribution is 2.34. The summed E-state index contributed by atoms with van der Waals surface area (Å²) in [7, 11) is 0. The first-order chi connectivity index (χ1) is 8.62. The van der Waals surface area contributed by atoms with Gasteiger partial charge in [-0.05, 0) is 48.1 Å². The largest absolute Gasteiger partial charge is 0.507 e. The van der Waals surface area contributed by atoms with Crippen molar-refractivity contribution in [2.45, 2.75) is 46.6 Å². The van der Waals surface area contributed by atoms with Gasteiger partial charge in [0.15, 0.2) is 0 Å². The van der Waals surface area contributed by atoms with Gasteiger partial charge in [0.25, 0.3) is 0 Å². The van der Waals surface area contributed by atoms with Crippen LogP contribution >= 0.6 is 0 Å². The van der Waals surface area contributed by atoms with Crippen molar-refractivity contribution >= 4 is 5.97 Å². The predicted molar refractivity (Wildman–Crippen MR) is 76.2 cm³/mol. The summed E-state index contributed by atoms with van der Waals surface area (Å²) in [5.74, 6) is -0.0921. The van der Waals surface area contributed by atoms with E-state index in [9.17, 15) is 9.90 Å². The Kier molecular flexibility index (Phi) is 4.40. The highest BCUT2D eigenvalue weighted by molar-refractivity contribution is 5.86. The molecule has 1 aromatic rings. The van der Waals surface area contributed by atoms with Gasteiger partial charge in [0.05, 0.1) is 0 Å². The van der Waals surface area contributed by atoms with Gasteiger partial charge in [0.2, 0.25) is 0 Å². The summed E-state index contributed by atoms with van der Waals surface area (Å²) in [6.07, 6.45) is 0. The third kappa shape index (κ3) is 3.85. The third-order valence-electron chi connectivity index (χ3n) is 2.89. The molecule has 0 aliphatic heterocycles. The van der Waals surface area contributed by atoms with Gasteiger partial charge in [-0.1, -0.05) is 27.4 Å². The van der Waals surface area contributed by atoms with Crippen molar-refractivity contribution in [1.82, 2.24) is 0 Å². The molecule has 0 unspecified atom stereocenters. The lowest BCUT2D eigenvalue weighted by Crippen LogP contribution is -2.13. The SMILES string of the molecule is C=C(C)C(=O)OCc1cc(C)c(O)c(C(C)(C)C)c1. The molecule has 19 heavy (non-hydrogen) atoms. The van der Waals surface area contributed by atoms with Crippen molar-refractivity contribution in [3.05, 3.63) is 41.0 Å². The van der Waals surface area contributed by atoms with Gasteiger partial charge >= 0.3 is 5.97 Å². The standard InChI is InChI=1S/C16H22O3/c1-10(2)15(18)19-9-12-7-11(3)14(17)13(8-12)16(4,5)6/h7-8,17H,1,9H2,2-6H3. The molecule has 0 fully saturated rings. The van der Waals surface area contributed by atoms with Gasteiger partial charge in [-0.15, -0.1) is 0 Å². The first kappa shape index (κ1) is 15.3. The second kappa shape index (κ2) is 5.47. The number of hydrogen-bond acceptors (Lipinski definition) is 3. The van der Waals surface area contributed by atoms with E-state index in [-0.39, 0.29) is 12.0 Å². The Balaban J connectivity index is 3.01. The summed E-state index contributed by atoms with van der Waals surface area (Å²) in [6.45, 7) is 13.3. The molecule has 0 bridgehead atoms. The second-order valence-corrected chi connectivity index (χ2v) is 5.92. The number of phenolic OH excluding ortho intramolecular Hbond substituents is 1. The Hall–Kier alpha value is -1.77. The van der Waals surface area contributed by atoms with Gasteiger partial charge in [0, 0.05) is 5.57 Å². The molecule has 0 amide bonds. The second-order valence-electron chi connectivity index (χ2n) is 5.92. The first-order valence-electron chi connectivity index (χ1n) is 6.28. The summed E-state index contributed by atoms with van der Waals surface area (Å²) < 4.78 is 5.13. The summed E-state index contributed by atoms with van der Waals surface area (Å²) in [4.78, 5) is 11.4. The van der Waals surface area contributed by atoms with Gasteiger partial charge in [-0.25, -0.2) is 4.79 Å². The van der Waals surface area contributed by atoms with Crippen LogP contribution in [0.1, 0.15) is 44.4 Å². The Labute approximate surface area is 114 Å². The summed E-state index contributed by atoms with van der Waals surface area (Å²) >= 11 is 0. The fourth-order valence-electron chi connectivity index (χ4n) is 1.78. The Bertz CT molecular complexity index is 507. The molecule has 0 aliphatic carbocycles. The molecule has 0 radical (unpaired) electrons. The fourth-order valence-corrected chi connectivity index (χ4v) is 1.78. The minimum atomic E-state index is -0.400. The number of carbonyl (C=O) groups excluding carboxylic acids is 1. The normalized spacial score (nSPS) is 11.2. The van der Waals surface area contributed by atoms with Crippen molar-refractivity contribution in [2.24, 2.45) is 0 Å². The van der Waals surface area contributed by atoms with Crippen LogP contribution in [0.2, 0.25) is 0 Å². The van der Waals surface area contributed by atoms with E-state index in [1.807, 2.05) is 39.8 Å². The summed E-state index contributed by atoms with van der Waals surface area (Å²) in [5.41, 5.74) is 2.73. The van der Waals surface area contributed by atoms with Gasteiger partial charge in [0.1, 0.15) is 12.4 Å². The van der Waals surface area contributed by atoms with Crippen molar-refractivity contribution in [3.63, 3.8) is 0 Å². The molecule has 1 N–H and O–H groups in total. The van der Waals surface area contributed by atoms with Crippen molar-refractivity contribution in [2.75, 3.05) is 0 Å². The Morgan fingerprint density at radius 1 is 1.37 bits per heavy atom. The zero-order valence-electron chi connectivity index (χ0n) is 12.3. The van der Waals surface area contributed by atoms with E-state index >= 15 is 0 Å². The third-order valence-corrected chi connectivity index (χ3v) is 2.89. The number of aromatic hydroxyl groups is 1. The zero-order chi connectivity index (χ0) is 14.8. The molecule has 0 heterocycles. The van der Waals surface area contributed by atoms with E-state index in [0.29, 0.717) is 11.3 Å². The monoisotopic (exact) mass is 262 g/mol. The lowest BCUT2D eigenvalue weighted by atomic mass is 9.84. The maximum absolute atomic E-state index is 11.4. The number of aryl methyl sites for hydroxylation is 1. The molecule has 3 nitrogen and oxygen atoms in total. The number of hydrogen-bond donors (Lipinski definition) is 1. The molecular formula is C16H22O3. The van der Waals surface area contributed by atoms with E-state index in [0.717, 1.165) is 16.7 Å². The molecule has 1 aromatic carbocycles. The molecule has 0 saturated heterocycles. The molecule has 1 rings (SSSR count). The summed E-state index contributed by atoms with van der Waals surface area (Å²) in [6, 6.07) is 3.71. The van der Waals surface area contributed by atoms with Crippen molar-refractivity contribution in [1.29, 1.82) is 0 Å². The maximum atomic E-state index is 11.4. The minimum absolute atomic E-state index is 0.163. The van der Waals surface area contributed by atoms with Gasteiger partial charge < -0.3 is 9.84 Å². The summed E-state index contributed by atoms with van der Waals surface area (Å²) in [5, 5.41) is 10.1. The van der Waals surface area contributed by atoms with Crippen LogP contribution in [0.25, 0.3) is 0 Å². The lowest BCUT2D eigenvalue weighted by molar-refractivity contribution is -0.140. The highest BCUT2D eigenvalue weighted by Gasteiger charge is 2.20. The molecule has 0 spiro atoms. The first-order valence-corrected chi connectivity index (χ1v) is 6.28. The van der Waals surface area contributed by atoms with E-state index in [1.54, 1.807) is 6.92 Å². The molecule has 104 valence electrons. The van der Waals surface area contributed by atoms with Crippen molar-refractivity contribution < 1.29 is 14.6 Å². The smallest absolute Gasteiger partial charge is 0.333 e. The number of esters is 1. The van der Waals surface area contributed by atoms with Crippen LogP contribution in [0.3, 0.4) is 0 Å². The zero-order valence-corrected chi connectivity index (χ0v) is 12.3. The van der Waals surface area contributed by atoms with E-state index < -0.39 is 5.97 Å². The molecule has 0 aliphatic rings. The minimum Gasteiger partial charge on any atom is -0.507 e. The molecule has 0 aromatic heterocycles. The molecular weight excluding hydrogens is 240 g/mol. The van der Waals surface area contributed by atoms with Crippen molar-refractivity contribution in [3.8, 4) is 5.75 Å². The predicted octanol–water partition coefficient (Wildman–Crippen LogP) is 3.62. The topological polar surface area (TPSA) is 46.5 Å². The van der Waals surface area contributed by atoms with Crippen LogP contribution in [-0.2, 0) is 21.6 Å². The number of phenols is 1. The van der Waals surface area contributed by atoms with E-state index in [2.05, 4.69) is 6.58 Å². The van der Waals surface area contributed by atoms with Crippen LogP contribution in [0, 0.1) is 6.92 Å². The van der Waals surface area contributed by atoms with Gasteiger partial charge in [-0.3, -0.25) is 0 Å². The number of ether oxygens (including phenoxy) is 1.